The van der Waals surface area contributed by atoms with E-state index >= 15 is 0 Å². The van der Waals surface area contributed by atoms with Gasteiger partial charge in [-0.25, -0.2) is 18.5 Å². The molecule has 1 aromatic heterocycles. The summed E-state index contributed by atoms with van der Waals surface area (Å²) in [5.74, 6) is -1.83. The third-order valence-electron chi connectivity index (χ3n) is 3.71. The zero-order valence-corrected chi connectivity index (χ0v) is 15.2. The highest BCUT2D eigenvalue weighted by atomic mass is 35.5. The quantitative estimate of drug-likeness (QED) is 0.761. The minimum Gasteiger partial charge on any atom is -0.459 e. The van der Waals surface area contributed by atoms with E-state index in [0.717, 1.165) is 16.7 Å². The summed E-state index contributed by atoms with van der Waals surface area (Å²) in [7, 11) is 1.34. The fourth-order valence-electron chi connectivity index (χ4n) is 2.30. The molecule has 0 saturated heterocycles. The SMILES string of the molecule is Cc1c(C#N)c(=O)n(-c2cc(C(=O)OC(C)C)c(Cl)cc2F)c(=O)n1C. The first-order valence-electron chi connectivity index (χ1n) is 7.53. The third-order valence-corrected chi connectivity index (χ3v) is 4.02. The molecule has 1 heterocycles. The molecule has 2 aromatic rings. The number of hydrogen-bond acceptors (Lipinski definition) is 5. The van der Waals surface area contributed by atoms with Crippen LogP contribution >= 0.6 is 11.6 Å². The molecule has 0 atom stereocenters. The second-order valence-electron chi connectivity index (χ2n) is 5.79. The third kappa shape index (κ3) is 3.26. The van der Waals surface area contributed by atoms with Gasteiger partial charge in [-0.3, -0.25) is 9.36 Å². The summed E-state index contributed by atoms with van der Waals surface area (Å²) in [6, 6.07) is 3.47. The first kappa shape index (κ1) is 19.4. The van der Waals surface area contributed by atoms with Gasteiger partial charge in [0.1, 0.15) is 17.4 Å². The van der Waals surface area contributed by atoms with Crippen LogP contribution in [0.25, 0.3) is 5.69 Å². The summed E-state index contributed by atoms with van der Waals surface area (Å²) >= 11 is 5.90. The Hall–Kier alpha value is -2.92. The van der Waals surface area contributed by atoms with Crippen LogP contribution in [0, 0.1) is 24.1 Å². The molecule has 1 aromatic carbocycles. The summed E-state index contributed by atoms with van der Waals surface area (Å²) in [4.78, 5) is 37.1. The number of halogens is 2. The van der Waals surface area contributed by atoms with Crippen molar-refractivity contribution in [1.82, 2.24) is 9.13 Å². The maximum atomic E-state index is 14.4. The topological polar surface area (TPSA) is 94.1 Å². The van der Waals surface area contributed by atoms with Crippen LogP contribution in [-0.2, 0) is 11.8 Å². The molecular weight excluding hydrogens is 365 g/mol. The van der Waals surface area contributed by atoms with Crippen LogP contribution < -0.4 is 11.2 Å². The predicted molar refractivity (Wildman–Crippen MR) is 92.3 cm³/mol. The van der Waals surface area contributed by atoms with E-state index in [2.05, 4.69) is 0 Å². The molecule has 9 heteroatoms. The highest BCUT2D eigenvalue weighted by Gasteiger charge is 2.22. The van der Waals surface area contributed by atoms with Gasteiger partial charge in [-0.1, -0.05) is 11.6 Å². The molecule has 0 aliphatic heterocycles. The highest BCUT2D eigenvalue weighted by Crippen LogP contribution is 2.23. The zero-order valence-electron chi connectivity index (χ0n) is 14.5. The number of aromatic nitrogens is 2. The Morgan fingerprint density at radius 3 is 2.50 bits per heavy atom. The Morgan fingerprint density at radius 1 is 1.35 bits per heavy atom. The van der Waals surface area contributed by atoms with Crippen LogP contribution in [0.3, 0.4) is 0 Å². The Kier molecular flexibility index (Phi) is 5.33. The fraction of sp³-hybridized carbons (Fsp3) is 0.294. The number of nitriles is 1. The summed E-state index contributed by atoms with van der Waals surface area (Å²) in [5, 5.41) is 8.95. The van der Waals surface area contributed by atoms with E-state index in [1.807, 2.05) is 0 Å². The van der Waals surface area contributed by atoms with E-state index in [1.54, 1.807) is 19.9 Å². The molecule has 0 aliphatic rings. The second-order valence-corrected chi connectivity index (χ2v) is 6.20. The van der Waals surface area contributed by atoms with Crippen LogP contribution in [0.1, 0.15) is 35.5 Å². The minimum atomic E-state index is -0.997. The van der Waals surface area contributed by atoms with Crippen molar-refractivity contribution in [1.29, 1.82) is 5.26 Å². The van der Waals surface area contributed by atoms with Gasteiger partial charge in [0.2, 0.25) is 0 Å². The first-order chi connectivity index (χ1) is 12.1. The van der Waals surface area contributed by atoms with Gasteiger partial charge in [0.25, 0.3) is 5.56 Å². The van der Waals surface area contributed by atoms with Crippen molar-refractivity contribution in [2.75, 3.05) is 0 Å². The summed E-state index contributed by atoms with van der Waals surface area (Å²) in [6.45, 7) is 4.67. The molecule has 0 spiro atoms. The molecule has 136 valence electrons. The summed E-state index contributed by atoms with van der Waals surface area (Å²) < 4.78 is 21.0. The maximum Gasteiger partial charge on any atom is 0.339 e. The number of nitrogens with zero attached hydrogens (tertiary/aromatic N) is 3. The molecule has 0 saturated carbocycles. The number of carbonyl (C=O) groups is 1. The zero-order chi connectivity index (χ0) is 19.8. The van der Waals surface area contributed by atoms with Gasteiger partial charge in [0.05, 0.1) is 22.4 Å². The van der Waals surface area contributed by atoms with E-state index < -0.39 is 34.8 Å². The van der Waals surface area contributed by atoms with Crippen molar-refractivity contribution in [3.05, 3.63) is 60.6 Å². The second kappa shape index (κ2) is 7.14. The van der Waals surface area contributed by atoms with Crippen LogP contribution in [0.15, 0.2) is 21.7 Å². The maximum absolute atomic E-state index is 14.4. The van der Waals surface area contributed by atoms with Crippen molar-refractivity contribution in [3.63, 3.8) is 0 Å². The molecule has 0 N–H and O–H groups in total. The number of ether oxygens (including phenoxy) is 1. The van der Waals surface area contributed by atoms with Crippen molar-refractivity contribution in [2.24, 2.45) is 7.05 Å². The number of benzene rings is 1. The van der Waals surface area contributed by atoms with Gasteiger partial charge < -0.3 is 4.74 Å². The van der Waals surface area contributed by atoms with Crippen LogP contribution in [0.4, 0.5) is 4.39 Å². The van der Waals surface area contributed by atoms with Crippen LogP contribution in [-0.4, -0.2) is 21.2 Å². The van der Waals surface area contributed by atoms with Gasteiger partial charge in [-0.2, -0.15) is 5.26 Å². The molecule has 0 amide bonds. The normalized spacial score (nSPS) is 10.7. The Balaban J connectivity index is 2.85. The van der Waals surface area contributed by atoms with E-state index in [0.29, 0.717) is 4.57 Å². The van der Waals surface area contributed by atoms with E-state index in [-0.39, 0.29) is 21.8 Å². The molecule has 0 unspecified atom stereocenters. The van der Waals surface area contributed by atoms with E-state index in [9.17, 15) is 24.0 Å². The lowest BCUT2D eigenvalue weighted by molar-refractivity contribution is 0.0378. The molecule has 0 radical (unpaired) electrons. The largest absolute Gasteiger partial charge is 0.459 e. The number of esters is 1. The number of hydrogen-bond donors (Lipinski definition) is 0. The molecule has 26 heavy (non-hydrogen) atoms. The lowest BCUT2D eigenvalue weighted by atomic mass is 10.1. The molecule has 7 nitrogen and oxygen atoms in total. The summed E-state index contributed by atoms with van der Waals surface area (Å²) in [5.41, 5.74) is -2.72. The van der Waals surface area contributed by atoms with Gasteiger partial charge >= 0.3 is 11.7 Å². The van der Waals surface area contributed by atoms with E-state index in [1.165, 1.54) is 14.0 Å². The van der Waals surface area contributed by atoms with E-state index in [4.69, 9.17) is 16.3 Å². The molecule has 0 bridgehead atoms. The van der Waals surface area contributed by atoms with Gasteiger partial charge in [0, 0.05) is 12.7 Å². The monoisotopic (exact) mass is 379 g/mol. The van der Waals surface area contributed by atoms with Gasteiger partial charge in [-0.05, 0) is 32.9 Å². The molecular formula is C17H15ClFN3O4. The predicted octanol–water partition coefficient (Wildman–Crippen LogP) is 2.07. The Labute approximate surface area is 152 Å². The number of carbonyl (C=O) groups excluding carboxylic acids is 1. The average molecular weight is 380 g/mol. The fourth-order valence-corrected chi connectivity index (χ4v) is 2.53. The average Bonchev–Trinajstić information content (AvgIpc) is 2.54. The Morgan fingerprint density at radius 2 is 1.96 bits per heavy atom. The van der Waals surface area contributed by atoms with Crippen molar-refractivity contribution in [3.8, 4) is 11.8 Å². The lowest BCUT2D eigenvalue weighted by Crippen LogP contribution is -2.41. The lowest BCUT2D eigenvalue weighted by Gasteiger charge is -2.14. The summed E-state index contributed by atoms with van der Waals surface area (Å²) in [6.07, 6.45) is -0.452. The smallest absolute Gasteiger partial charge is 0.339 e. The van der Waals surface area contributed by atoms with Crippen molar-refractivity contribution >= 4 is 17.6 Å². The van der Waals surface area contributed by atoms with Crippen molar-refractivity contribution in [2.45, 2.75) is 26.9 Å². The highest BCUT2D eigenvalue weighted by molar-refractivity contribution is 6.33. The molecule has 0 aliphatic carbocycles. The van der Waals surface area contributed by atoms with Crippen LogP contribution in [0.2, 0.25) is 5.02 Å². The van der Waals surface area contributed by atoms with Gasteiger partial charge in [0.15, 0.2) is 0 Å². The Bertz CT molecular complexity index is 1060. The molecule has 0 fully saturated rings. The first-order valence-corrected chi connectivity index (χ1v) is 7.91. The van der Waals surface area contributed by atoms with Crippen LogP contribution in [0.5, 0.6) is 0 Å². The van der Waals surface area contributed by atoms with Gasteiger partial charge in [-0.15, -0.1) is 0 Å². The van der Waals surface area contributed by atoms with Crippen molar-refractivity contribution < 1.29 is 13.9 Å². The number of rotatable bonds is 3. The standard InChI is InChI=1S/C17H15ClFN3O4/c1-8(2)26-16(24)10-5-14(13(19)6-12(10)18)22-15(23)11(7-20)9(3)21(4)17(22)25/h5-6,8H,1-4H3. The minimum absolute atomic E-state index is 0.146. The molecule has 2 rings (SSSR count).